The Bertz CT molecular complexity index is 851. The van der Waals surface area contributed by atoms with Crippen LogP contribution >= 0.6 is 0 Å². The fraction of sp³-hybridized carbons (Fsp3) is 0.188. The van der Waals surface area contributed by atoms with E-state index in [1.165, 1.54) is 37.3 Å². The Labute approximate surface area is 138 Å². The SMILES string of the molecule is CC(Oc1ccc(S(C)(=O)=O)cc1)C(=O)Nc1ccc(F)c(F)c1. The second kappa shape index (κ2) is 6.96. The van der Waals surface area contributed by atoms with Crippen molar-refractivity contribution < 1.29 is 26.7 Å². The zero-order valence-electron chi connectivity index (χ0n) is 12.9. The molecule has 1 N–H and O–H groups in total. The predicted molar refractivity (Wildman–Crippen MR) is 84.6 cm³/mol. The molecule has 1 atom stereocenters. The van der Waals surface area contributed by atoms with Crippen LogP contribution in [0.2, 0.25) is 0 Å². The highest BCUT2D eigenvalue weighted by Crippen LogP contribution is 2.18. The van der Waals surface area contributed by atoms with Crippen LogP contribution in [0.4, 0.5) is 14.5 Å². The lowest BCUT2D eigenvalue weighted by atomic mass is 10.2. The van der Waals surface area contributed by atoms with Gasteiger partial charge in [-0.3, -0.25) is 4.79 Å². The number of benzene rings is 2. The number of rotatable bonds is 5. The molecule has 2 aromatic rings. The minimum absolute atomic E-state index is 0.0989. The van der Waals surface area contributed by atoms with Crippen molar-refractivity contribution in [1.82, 2.24) is 0 Å². The van der Waals surface area contributed by atoms with Gasteiger partial charge >= 0.3 is 0 Å². The summed E-state index contributed by atoms with van der Waals surface area (Å²) in [6.45, 7) is 1.47. The Hall–Kier alpha value is -2.48. The highest BCUT2D eigenvalue weighted by molar-refractivity contribution is 7.90. The van der Waals surface area contributed by atoms with Gasteiger partial charge in [0.05, 0.1) is 4.90 Å². The highest BCUT2D eigenvalue weighted by Gasteiger charge is 2.16. The van der Waals surface area contributed by atoms with Crippen molar-refractivity contribution in [2.45, 2.75) is 17.9 Å². The summed E-state index contributed by atoms with van der Waals surface area (Å²) in [6.07, 6.45) is 0.156. The summed E-state index contributed by atoms with van der Waals surface area (Å²) in [5.41, 5.74) is 0.0989. The fourth-order valence-corrected chi connectivity index (χ4v) is 2.47. The van der Waals surface area contributed by atoms with E-state index in [0.717, 1.165) is 18.4 Å². The van der Waals surface area contributed by atoms with E-state index < -0.39 is 33.5 Å². The van der Waals surface area contributed by atoms with Crippen molar-refractivity contribution in [2.24, 2.45) is 0 Å². The summed E-state index contributed by atoms with van der Waals surface area (Å²) in [5.74, 6) is -2.34. The van der Waals surface area contributed by atoms with Crippen molar-refractivity contribution in [3.8, 4) is 5.75 Å². The van der Waals surface area contributed by atoms with Gasteiger partial charge in [0, 0.05) is 18.0 Å². The Kier molecular flexibility index (Phi) is 5.18. The molecular formula is C16H15F2NO4S. The molecule has 1 amide bonds. The number of anilines is 1. The van der Waals surface area contributed by atoms with Gasteiger partial charge in [-0.1, -0.05) is 0 Å². The molecule has 0 spiro atoms. The van der Waals surface area contributed by atoms with E-state index in [9.17, 15) is 22.0 Å². The van der Waals surface area contributed by atoms with E-state index in [4.69, 9.17) is 4.74 Å². The molecule has 8 heteroatoms. The first-order valence-corrected chi connectivity index (χ1v) is 8.78. The average Bonchev–Trinajstić information content (AvgIpc) is 2.50. The molecule has 0 aliphatic carbocycles. The lowest BCUT2D eigenvalue weighted by molar-refractivity contribution is -0.122. The Morgan fingerprint density at radius 1 is 1.08 bits per heavy atom. The molecular weight excluding hydrogens is 340 g/mol. The molecule has 2 aromatic carbocycles. The number of hydrogen-bond donors (Lipinski definition) is 1. The normalized spacial score (nSPS) is 12.5. The summed E-state index contributed by atoms with van der Waals surface area (Å²) in [7, 11) is -3.31. The monoisotopic (exact) mass is 355 g/mol. The third kappa shape index (κ3) is 4.51. The number of amides is 1. The van der Waals surface area contributed by atoms with E-state index in [0.29, 0.717) is 5.75 Å². The van der Waals surface area contributed by atoms with Crippen molar-refractivity contribution >= 4 is 21.4 Å². The van der Waals surface area contributed by atoms with E-state index in [2.05, 4.69) is 5.32 Å². The summed E-state index contributed by atoms with van der Waals surface area (Å²) < 4.78 is 54.1. The van der Waals surface area contributed by atoms with Crippen LogP contribution in [0.1, 0.15) is 6.92 Å². The van der Waals surface area contributed by atoms with Gasteiger partial charge in [0.25, 0.3) is 5.91 Å². The van der Waals surface area contributed by atoms with Crippen LogP contribution in [-0.4, -0.2) is 26.7 Å². The molecule has 0 aromatic heterocycles. The molecule has 0 saturated heterocycles. The van der Waals surface area contributed by atoms with Gasteiger partial charge in [0.15, 0.2) is 27.6 Å². The number of halogens is 2. The molecule has 0 aliphatic rings. The van der Waals surface area contributed by atoms with Gasteiger partial charge in [-0.2, -0.15) is 0 Å². The van der Waals surface area contributed by atoms with Gasteiger partial charge in [0.1, 0.15) is 5.75 Å². The molecule has 0 fully saturated rings. The van der Waals surface area contributed by atoms with Crippen LogP contribution in [0, 0.1) is 11.6 Å². The standard InChI is InChI=1S/C16H15F2NO4S/c1-10(16(20)19-11-3-8-14(17)15(18)9-11)23-12-4-6-13(7-5-12)24(2,21)22/h3-10H,1-2H3,(H,19,20). The lowest BCUT2D eigenvalue weighted by Crippen LogP contribution is -2.30. The minimum Gasteiger partial charge on any atom is -0.481 e. The van der Waals surface area contributed by atoms with Gasteiger partial charge in [-0.25, -0.2) is 17.2 Å². The van der Waals surface area contributed by atoms with E-state index in [1.54, 1.807) is 0 Å². The van der Waals surface area contributed by atoms with Gasteiger partial charge in [0.2, 0.25) is 0 Å². The van der Waals surface area contributed by atoms with E-state index in [-0.39, 0.29) is 10.6 Å². The number of ether oxygens (including phenoxy) is 1. The second-order valence-corrected chi connectivity index (χ2v) is 7.14. The van der Waals surface area contributed by atoms with E-state index >= 15 is 0 Å². The maximum Gasteiger partial charge on any atom is 0.265 e. The molecule has 128 valence electrons. The average molecular weight is 355 g/mol. The first kappa shape index (κ1) is 17.9. The Balaban J connectivity index is 2.02. The molecule has 1 unspecified atom stereocenters. The fourth-order valence-electron chi connectivity index (χ4n) is 1.84. The summed E-state index contributed by atoms with van der Waals surface area (Å²) in [5, 5.41) is 2.40. The smallest absolute Gasteiger partial charge is 0.265 e. The number of carbonyl (C=O) groups excluding carboxylic acids is 1. The third-order valence-corrected chi connectivity index (χ3v) is 4.25. The topological polar surface area (TPSA) is 72.5 Å². The van der Waals surface area contributed by atoms with Crippen LogP contribution in [0.25, 0.3) is 0 Å². The third-order valence-electron chi connectivity index (χ3n) is 3.12. The Morgan fingerprint density at radius 2 is 1.71 bits per heavy atom. The number of sulfone groups is 1. The van der Waals surface area contributed by atoms with Gasteiger partial charge in [-0.05, 0) is 43.3 Å². The van der Waals surface area contributed by atoms with Crippen molar-refractivity contribution in [1.29, 1.82) is 0 Å². The molecule has 0 aliphatic heterocycles. The lowest BCUT2D eigenvalue weighted by Gasteiger charge is -2.15. The van der Waals surface area contributed by atoms with Crippen LogP contribution in [0.5, 0.6) is 5.75 Å². The highest BCUT2D eigenvalue weighted by atomic mass is 32.2. The molecule has 0 bridgehead atoms. The zero-order chi connectivity index (χ0) is 17.9. The number of hydrogen-bond acceptors (Lipinski definition) is 4. The van der Waals surface area contributed by atoms with Gasteiger partial charge in [-0.15, -0.1) is 0 Å². The molecule has 0 heterocycles. The first-order valence-electron chi connectivity index (χ1n) is 6.89. The quantitative estimate of drug-likeness (QED) is 0.895. The predicted octanol–water partition coefficient (Wildman–Crippen LogP) is 2.77. The van der Waals surface area contributed by atoms with Crippen molar-refractivity contribution in [2.75, 3.05) is 11.6 Å². The van der Waals surface area contributed by atoms with Gasteiger partial charge < -0.3 is 10.1 Å². The second-order valence-electron chi connectivity index (χ2n) is 5.12. The van der Waals surface area contributed by atoms with E-state index in [1.807, 2.05) is 0 Å². The van der Waals surface area contributed by atoms with Crippen LogP contribution in [-0.2, 0) is 14.6 Å². The largest absolute Gasteiger partial charge is 0.481 e. The van der Waals surface area contributed by atoms with Crippen LogP contribution < -0.4 is 10.1 Å². The number of nitrogens with one attached hydrogen (secondary N) is 1. The number of carbonyl (C=O) groups is 1. The maximum atomic E-state index is 13.1. The molecule has 0 radical (unpaired) electrons. The summed E-state index contributed by atoms with van der Waals surface area (Å²) >= 11 is 0. The van der Waals surface area contributed by atoms with Crippen molar-refractivity contribution in [3.05, 3.63) is 54.1 Å². The van der Waals surface area contributed by atoms with Crippen LogP contribution in [0.15, 0.2) is 47.4 Å². The Morgan fingerprint density at radius 3 is 2.25 bits per heavy atom. The van der Waals surface area contributed by atoms with Crippen LogP contribution in [0.3, 0.4) is 0 Å². The first-order chi connectivity index (χ1) is 11.2. The maximum absolute atomic E-state index is 13.1. The molecule has 0 saturated carbocycles. The molecule has 24 heavy (non-hydrogen) atoms. The summed E-state index contributed by atoms with van der Waals surface area (Å²) in [4.78, 5) is 12.1. The zero-order valence-corrected chi connectivity index (χ0v) is 13.7. The summed E-state index contributed by atoms with van der Waals surface area (Å²) in [6, 6.07) is 8.58. The molecule has 5 nitrogen and oxygen atoms in total. The molecule has 2 rings (SSSR count). The van der Waals surface area contributed by atoms with Crippen molar-refractivity contribution in [3.63, 3.8) is 0 Å². The minimum atomic E-state index is -3.31.